The zero-order valence-electron chi connectivity index (χ0n) is 11.3. The smallest absolute Gasteiger partial charge is 0.326 e. The summed E-state index contributed by atoms with van der Waals surface area (Å²) < 4.78 is 0. The van der Waals surface area contributed by atoms with Crippen molar-refractivity contribution in [1.82, 2.24) is 15.6 Å². The van der Waals surface area contributed by atoms with Crippen LogP contribution in [0.1, 0.15) is 43.4 Å². The van der Waals surface area contributed by atoms with Crippen molar-refractivity contribution in [1.29, 1.82) is 0 Å². The first-order chi connectivity index (χ1) is 8.93. The van der Waals surface area contributed by atoms with E-state index in [0.717, 1.165) is 10.7 Å². The fraction of sp³-hybridized carbons (Fsp3) is 0.583. The summed E-state index contributed by atoms with van der Waals surface area (Å²) in [6, 6.07) is -1.58. The first kappa shape index (κ1) is 15.4. The quantitative estimate of drug-likeness (QED) is 0.746. The number of hydrogen-bond acceptors (Lipinski definition) is 4. The molecule has 0 saturated carbocycles. The van der Waals surface area contributed by atoms with Crippen LogP contribution in [0.3, 0.4) is 0 Å². The summed E-state index contributed by atoms with van der Waals surface area (Å²) in [5, 5.41) is 16.8. The van der Waals surface area contributed by atoms with E-state index in [1.807, 2.05) is 26.2 Å². The van der Waals surface area contributed by atoms with Gasteiger partial charge in [0.2, 0.25) is 0 Å². The Kier molecular flexibility index (Phi) is 5.75. The molecule has 19 heavy (non-hydrogen) atoms. The van der Waals surface area contributed by atoms with Crippen molar-refractivity contribution in [3.05, 3.63) is 16.1 Å². The number of carbonyl (C=O) groups excluding carboxylic acids is 1. The number of nitrogens with one attached hydrogen (secondary N) is 2. The molecule has 1 rings (SSSR count). The number of hydrogen-bond donors (Lipinski definition) is 3. The lowest BCUT2D eigenvalue weighted by atomic mass is 10.2. The molecule has 0 radical (unpaired) electrons. The van der Waals surface area contributed by atoms with Crippen LogP contribution in [0.5, 0.6) is 0 Å². The minimum atomic E-state index is -1.02. The highest BCUT2D eigenvalue weighted by molar-refractivity contribution is 7.09. The number of carboxylic acids is 1. The first-order valence-corrected chi connectivity index (χ1v) is 7.03. The third-order valence-electron chi connectivity index (χ3n) is 2.54. The van der Waals surface area contributed by atoms with E-state index in [4.69, 9.17) is 5.11 Å². The van der Waals surface area contributed by atoms with Crippen LogP contribution in [0.2, 0.25) is 0 Å². The third kappa shape index (κ3) is 4.86. The average molecular weight is 285 g/mol. The Morgan fingerprint density at radius 1 is 1.47 bits per heavy atom. The molecule has 2 unspecified atom stereocenters. The number of nitrogens with zero attached hydrogens (tertiary/aromatic N) is 1. The molecule has 7 heteroatoms. The van der Waals surface area contributed by atoms with E-state index in [1.165, 1.54) is 11.3 Å². The number of aryl methyl sites for hydroxylation is 1. The molecular formula is C12H19N3O3S. The lowest BCUT2D eigenvalue weighted by molar-refractivity contribution is -0.139. The Balaban J connectivity index is 2.52. The Morgan fingerprint density at radius 2 is 2.16 bits per heavy atom. The molecule has 1 aromatic rings. The maximum Gasteiger partial charge on any atom is 0.326 e. The van der Waals surface area contributed by atoms with Crippen molar-refractivity contribution in [2.75, 3.05) is 0 Å². The molecule has 0 aromatic carbocycles. The van der Waals surface area contributed by atoms with Crippen molar-refractivity contribution in [3.8, 4) is 0 Å². The molecule has 2 atom stereocenters. The van der Waals surface area contributed by atoms with Gasteiger partial charge in [-0.2, -0.15) is 0 Å². The normalized spacial score (nSPS) is 13.6. The third-order valence-corrected chi connectivity index (χ3v) is 3.68. The van der Waals surface area contributed by atoms with Gasteiger partial charge < -0.3 is 15.7 Å². The number of carboxylic acid groups (broad SMARTS) is 1. The van der Waals surface area contributed by atoms with Gasteiger partial charge >= 0.3 is 12.0 Å². The monoisotopic (exact) mass is 285 g/mol. The second-order valence-electron chi connectivity index (χ2n) is 4.35. The number of carbonyl (C=O) groups is 2. The fourth-order valence-corrected chi connectivity index (χ4v) is 2.38. The maximum atomic E-state index is 11.7. The van der Waals surface area contributed by atoms with E-state index >= 15 is 0 Å². The molecule has 0 spiro atoms. The van der Waals surface area contributed by atoms with Gasteiger partial charge in [-0.05, 0) is 20.3 Å². The summed E-state index contributed by atoms with van der Waals surface area (Å²) in [7, 11) is 0. The lowest BCUT2D eigenvalue weighted by Crippen LogP contribution is -2.46. The minimum absolute atomic E-state index is 0.241. The highest BCUT2D eigenvalue weighted by atomic mass is 32.1. The summed E-state index contributed by atoms with van der Waals surface area (Å²) in [6.45, 7) is 5.57. The van der Waals surface area contributed by atoms with Gasteiger partial charge in [-0.1, -0.05) is 13.3 Å². The molecule has 0 aliphatic rings. The molecule has 0 aliphatic heterocycles. The van der Waals surface area contributed by atoms with Crippen LogP contribution in [-0.2, 0) is 4.79 Å². The summed E-state index contributed by atoms with van der Waals surface area (Å²) in [4.78, 5) is 26.9. The predicted octanol–water partition coefficient (Wildman–Crippen LogP) is 2.07. The van der Waals surface area contributed by atoms with E-state index in [0.29, 0.717) is 12.8 Å². The Labute approximate surface area is 116 Å². The largest absolute Gasteiger partial charge is 0.480 e. The second-order valence-corrected chi connectivity index (χ2v) is 5.24. The molecular weight excluding hydrogens is 266 g/mol. The molecule has 3 N–H and O–H groups in total. The standard InChI is InChI=1S/C12H19N3O3S/c1-4-5-9(11(16)17)15-12(18)14-8(3)10-13-7(2)6-19-10/h6,8-9H,4-5H2,1-3H3,(H,16,17)(H2,14,15,18). The molecule has 0 saturated heterocycles. The van der Waals surface area contributed by atoms with Gasteiger partial charge in [-0.25, -0.2) is 14.6 Å². The highest BCUT2D eigenvalue weighted by Gasteiger charge is 2.20. The zero-order chi connectivity index (χ0) is 14.4. The van der Waals surface area contributed by atoms with E-state index in [-0.39, 0.29) is 6.04 Å². The van der Waals surface area contributed by atoms with Gasteiger partial charge in [0, 0.05) is 11.1 Å². The summed E-state index contributed by atoms with van der Waals surface area (Å²) in [5.41, 5.74) is 0.906. The Bertz CT molecular complexity index is 447. The first-order valence-electron chi connectivity index (χ1n) is 6.15. The van der Waals surface area contributed by atoms with Crippen molar-refractivity contribution in [2.24, 2.45) is 0 Å². The molecule has 1 aromatic heterocycles. The van der Waals surface area contributed by atoms with E-state index in [9.17, 15) is 9.59 Å². The number of amides is 2. The molecule has 2 amide bonds. The summed E-state index contributed by atoms with van der Waals surface area (Å²) in [5.74, 6) is -1.02. The van der Waals surface area contributed by atoms with Gasteiger partial charge in [0.05, 0.1) is 6.04 Å². The van der Waals surface area contributed by atoms with Crippen LogP contribution in [-0.4, -0.2) is 28.1 Å². The van der Waals surface area contributed by atoms with E-state index in [1.54, 1.807) is 0 Å². The van der Waals surface area contributed by atoms with Gasteiger partial charge in [0.15, 0.2) is 0 Å². The SMILES string of the molecule is CCCC(NC(=O)NC(C)c1nc(C)cs1)C(=O)O. The molecule has 1 heterocycles. The van der Waals surface area contributed by atoms with Crippen LogP contribution in [0.15, 0.2) is 5.38 Å². The molecule has 0 fully saturated rings. The van der Waals surface area contributed by atoms with Crippen LogP contribution in [0.25, 0.3) is 0 Å². The van der Waals surface area contributed by atoms with Crippen molar-refractivity contribution in [2.45, 2.75) is 45.7 Å². The number of rotatable bonds is 6. The predicted molar refractivity (Wildman–Crippen MR) is 73.3 cm³/mol. The summed E-state index contributed by atoms with van der Waals surface area (Å²) >= 11 is 1.47. The number of aromatic nitrogens is 1. The molecule has 0 bridgehead atoms. The van der Waals surface area contributed by atoms with Gasteiger partial charge in [-0.3, -0.25) is 0 Å². The Morgan fingerprint density at radius 3 is 2.63 bits per heavy atom. The Hall–Kier alpha value is -1.63. The molecule has 6 nitrogen and oxygen atoms in total. The van der Waals surface area contributed by atoms with Gasteiger partial charge in [0.1, 0.15) is 11.0 Å². The van der Waals surface area contributed by atoms with Gasteiger partial charge in [0.25, 0.3) is 0 Å². The van der Waals surface area contributed by atoms with Crippen molar-refractivity contribution in [3.63, 3.8) is 0 Å². The summed E-state index contributed by atoms with van der Waals surface area (Å²) in [6.07, 6.45) is 1.10. The number of aliphatic carboxylic acids is 1. The second kappa shape index (κ2) is 7.08. The number of urea groups is 1. The molecule has 106 valence electrons. The fourth-order valence-electron chi connectivity index (χ4n) is 1.58. The molecule has 0 aliphatic carbocycles. The van der Waals surface area contributed by atoms with E-state index < -0.39 is 18.0 Å². The van der Waals surface area contributed by atoms with Crippen LogP contribution < -0.4 is 10.6 Å². The highest BCUT2D eigenvalue weighted by Crippen LogP contribution is 2.17. The number of thiazole rings is 1. The van der Waals surface area contributed by atoms with Gasteiger partial charge in [-0.15, -0.1) is 11.3 Å². The van der Waals surface area contributed by atoms with E-state index in [2.05, 4.69) is 15.6 Å². The maximum absolute atomic E-state index is 11.7. The van der Waals surface area contributed by atoms with Crippen molar-refractivity contribution >= 4 is 23.3 Å². The lowest BCUT2D eigenvalue weighted by Gasteiger charge is -2.16. The van der Waals surface area contributed by atoms with Crippen LogP contribution in [0, 0.1) is 6.92 Å². The van der Waals surface area contributed by atoms with Crippen LogP contribution in [0.4, 0.5) is 4.79 Å². The van der Waals surface area contributed by atoms with Crippen LogP contribution >= 0.6 is 11.3 Å². The zero-order valence-corrected chi connectivity index (χ0v) is 12.1. The van der Waals surface area contributed by atoms with Crippen molar-refractivity contribution < 1.29 is 14.7 Å². The topological polar surface area (TPSA) is 91.3 Å². The average Bonchev–Trinajstić information content (AvgIpc) is 2.75. The minimum Gasteiger partial charge on any atom is -0.480 e.